The van der Waals surface area contributed by atoms with Crippen molar-refractivity contribution < 1.29 is 13.5 Å². The molecule has 0 saturated carbocycles. The van der Waals surface area contributed by atoms with Crippen molar-refractivity contribution in [1.82, 2.24) is 4.98 Å². The third kappa shape index (κ3) is 2.71. The quantitative estimate of drug-likeness (QED) is 0.530. The van der Waals surface area contributed by atoms with Crippen molar-refractivity contribution in [2.24, 2.45) is 0 Å². The molecular formula is C18H16F2N4O. The first kappa shape index (κ1) is 15.6. The van der Waals surface area contributed by atoms with Gasteiger partial charge in [0.25, 0.3) is 5.52 Å². The average molecular weight is 342 g/mol. The Morgan fingerprint density at radius 3 is 2.40 bits per heavy atom. The highest BCUT2D eigenvalue weighted by atomic mass is 19.1. The van der Waals surface area contributed by atoms with Crippen LogP contribution < -0.4 is 14.5 Å². The summed E-state index contributed by atoms with van der Waals surface area (Å²) in [6, 6.07) is 8.04. The van der Waals surface area contributed by atoms with Crippen molar-refractivity contribution in [3.63, 3.8) is 0 Å². The standard InChI is InChI=1S/C18H16F2N4O/c19-15-12-13-2-1-7-24(25)17(13)16(20)18(15)23-10-8-22(9-11-23)14-3-5-21-6-4-14/h1-7,12H,8-11H2. The van der Waals surface area contributed by atoms with E-state index in [4.69, 9.17) is 0 Å². The van der Waals surface area contributed by atoms with Crippen molar-refractivity contribution in [3.8, 4) is 0 Å². The van der Waals surface area contributed by atoms with E-state index < -0.39 is 11.6 Å². The van der Waals surface area contributed by atoms with Crippen LogP contribution in [0.25, 0.3) is 10.9 Å². The summed E-state index contributed by atoms with van der Waals surface area (Å²) in [4.78, 5) is 7.80. The second-order valence-corrected chi connectivity index (χ2v) is 5.97. The maximum Gasteiger partial charge on any atom is 0.262 e. The molecule has 2 aromatic heterocycles. The van der Waals surface area contributed by atoms with Crippen LogP contribution >= 0.6 is 0 Å². The summed E-state index contributed by atoms with van der Waals surface area (Å²) >= 11 is 0. The minimum Gasteiger partial charge on any atom is -0.618 e. The largest absolute Gasteiger partial charge is 0.618 e. The molecule has 4 rings (SSSR count). The number of rotatable bonds is 2. The molecule has 3 heterocycles. The first-order valence-corrected chi connectivity index (χ1v) is 8.05. The van der Waals surface area contributed by atoms with Gasteiger partial charge in [-0.2, -0.15) is 9.12 Å². The molecule has 1 saturated heterocycles. The van der Waals surface area contributed by atoms with E-state index in [1.807, 2.05) is 12.1 Å². The first-order valence-electron chi connectivity index (χ1n) is 8.05. The van der Waals surface area contributed by atoms with Crippen molar-refractivity contribution in [3.05, 3.63) is 65.8 Å². The summed E-state index contributed by atoms with van der Waals surface area (Å²) < 4.78 is 29.8. The maximum absolute atomic E-state index is 14.9. The summed E-state index contributed by atoms with van der Waals surface area (Å²) in [5.41, 5.74) is 0.777. The zero-order chi connectivity index (χ0) is 17.4. The van der Waals surface area contributed by atoms with E-state index in [0.29, 0.717) is 30.9 Å². The van der Waals surface area contributed by atoms with Gasteiger partial charge in [0.15, 0.2) is 12.0 Å². The van der Waals surface area contributed by atoms with Gasteiger partial charge in [-0.15, -0.1) is 0 Å². The summed E-state index contributed by atoms with van der Waals surface area (Å²) in [7, 11) is 0. The van der Waals surface area contributed by atoms with Crippen LogP contribution in [0.3, 0.4) is 0 Å². The topological polar surface area (TPSA) is 46.3 Å². The molecule has 0 amide bonds. The van der Waals surface area contributed by atoms with E-state index in [2.05, 4.69) is 9.88 Å². The lowest BCUT2D eigenvalue weighted by Crippen LogP contribution is -2.47. The Morgan fingerprint density at radius 2 is 1.68 bits per heavy atom. The van der Waals surface area contributed by atoms with Crippen LogP contribution in [0.1, 0.15) is 0 Å². The number of piperazine rings is 1. The Kier molecular flexibility index (Phi) is 3.83. The lowest BCUT2D eigenvalue weighted by molar-refractivity contribution is -0.578. The molecule has 0 atom stereocenters. The number of hydrogen-bond acceptors (Lipinski definition) is 4. The van der Waals surface area contributed by atoms with Gasteiger partial charge in [0.05, 0.1) is 5.39 Å². The molecule has 25 heavy (non-hydrogen) atoms. The van der Waals surface area contributed by atoms with Gasteiger partial charge in [-0.05, 0) is 24.3 Å². The van der Waals surface area contributed by atoms with Crippen molar-refractivity contribution in [2.45, 2.75) is 0 Å². The van der Waals surface area contributed by atoms with Gasteiger partial charge in [0.1, 0.15) is 5.69 Å². The summed E-state index contributed by atoms with van der Waals surface area (Å²) in [6.07, 6.45) is 4.66. The predicted octanol–water partition coefficient (Wildman–Crippen LogP) is 2.47. The van der Waals surface area contributed by atoms with Crippen molar-refractivity contribution in [1.29, 1.82) is 0 Å². The SMILES string of the molecule is [O-][n+]1cccc2cc(F)c(N3CCN(c4ccncc4)CC3)c(F)c21. The molecule has 0 N–H and O–H groups in total. The van der Waals surface area contributed by atoms with Gasteiger partial charge >= 0.3 is 0 Å². The van der Waals surface area contributed by atoms with Crippen LogP contribution in [0.4, 0.5) is 20.2 Å². The maximum atomic E-state index is 14.9. The number of nitrogens with zero attached hydrogens (tertiary/aromatic N) is 4. The molecule has 1 aliphatic heterocycles. The van der Waals surface area contributed by atoms with Gasteiger partial charge in [-0.25, -0.2) is 4.39 Å². The van der Waals surface area contributed by atoms with Gasteiger partial charge in [-0.1, -0.05) is 0 Å². The highest BCUT2D eigenvalue weighted by Gasteiger charge is 2.27. The van der Waals surface area contributed by atoms with Gasteiger partial charge in [-0.3, -0.25) is 4.98 Å². The van der Waals surface area contributed by atoms with E-state index in [-0.39, 0.29) is 16.6 Å². The van der Waals surface area contributed by atoms with Gasteiger partial charge < -0.3 is 15.0 Å². The molecule has 3 aromatic rings. The number of hydrogen-bond donors (Lipinski definition) is 0. The second kappa shape index (κ2) is 6.16. The van der Waals surface area contributed by atoms with Crippen LogP contribution in [0, 0.1) is 16.8 Å². The molecule has 128 valence electrons. The molecular weight excluding hydrogens is 326 g/mol. The highest BCUT2D eigenvalue weighted by Crippen LogP contribution is 2.30. The zero-order valence-electron chi connectivity index (χ0n) is 13.4. The Labute approximate surface area is 143 Å². The Morgan fingerprint density at radius 1 is 1.00 bits per heavy atom. The second-order valence-electron chi connectivity index (χ2n) is 5.97. The molecule has 0 unspecified atom stereocenters. The number of aromatic nitrogens is 2. The van der Waals surface area contributed by atoms with Crippen LogP contribution in [0.5, 0.6) is 0 Å². The van der Waals surface area contributed by atoms with Crippen LogP contribution in [0.15, 0.2) is 48.9 Å². The van der Waals surface area contributed by atoms with Gasteiger partial charge in [0.2, 0.25) is 5.82 Å². The summed E-state index contributed by atoms with van der Waals surface area (Å²) in [6.45, 7) is 2.20. The average Bonchev–Trinajstić information content (AvgIpc) is 2.63. The minimum atomic E-state index is -0.803. The van der Waals surface area contributed by atoms with Crippen molar-refractivity contribution >= 4 is 22.3 Å². The number of benzene rings is 1. The predicted molar refractivity (Wildman–Crippen MR) is 91.5 cm³/mol. The fourth-order valence-electron chi connectivity index (χ4n) is 3.30. The van der Waals surface area contributed by atoms with Crippen LogP contribution in [-0.2, 0) is 0 Å². The number of halogens is 2. The van der Waals surface area contributed by atoms with E-state index in [0.717, 1.165) is 5.69 Å². The Hall–Kier alpha value is -2.96. The minimum absolute atomic E-state index is 0.127. The molecule has 0 bridgehead atoms. The lowest BCUT2D eigenvalue weighted by Gasteiger charge is -2.37. The van der Waals surface area contributed by atoms with E-state index in [9.17, 15) is 14.0 Å². The van der Waals surface area contributed by atoms with E-state index >= 15 is 0 Å². The summed E-state index contributed by atoms with van der Waals surface area (Å²) in [5, 5.41) is 12.2. The smallest absolute Gasteiger partial charge is 0.262 e. The fraction of sp³-hybridized carbons (Fsp3) is 0.222. The Balaban J connectivity index is 1.64. The highest BCUT2D eigenvalue weighted by molar-refractivity contribution is 5.81. The third-order valence-corrected chi connectivity index (χ3v) is 4.54. The van der Waals surface area contributed by atoms with Crippen molar-refractivity contribution in [2.75, 3.05) is 36.0 Å². The zero-order valence-corrected chi connectivity index (χ0v) is 13.4. The molecule has 0 aliphatic carbocycles. The number of anilines is 2. The van der Waals surface area contributed by atoms with Crippen LogP contribution in [-0.4, -0.2) is 31.2 Å². The summed E-state index contributed by atoms with van der Waals surface area (Å²) in [5.74, 6) is -1.45. The third-order valence-electron chi connectivity index (χ3n) is 4.54. The monoisotopic (exact) mass is 342 g/mol. The number of fused-ring (bicyclic) bond motifs is 1. The molecule has 7 heteroatoms. The van der Waals surface area contributed by atoms with E-state index in [1.54, 1.807) is 17.3 Å². The molecule has 0 spiro atoms. The Bertz CT molecular complexity index is 912. The van der Waals surface area contributed by atoms with E-state index in [1.165, 1.54) is 24.4 Å². The molecule has 1 aliphatic rings. The van der Waals surface area contributed by atoms with Gasteiger partial charge in [0, 0.05) is 50.3 Å². The lowest BCUT2D eigenvalue weighted by atomic mass is 10.1. The molecule has 0 radical (unpaired) electrons. The fourth-order valence-corrected chi connectivity index (χ4v) is 3.30. The molecule has 1 aromatic carbocycles. The first-order chi connectivity index (χ1) is 12.1. The van der Waals surface area contributed by atoms with Crippen LogP contribution in [0.2, 0.25) is 0 Å². The normalized spacial score (nSPS) is 15.0. The molecule has 5 nitrogen and oxygen atoms in total. The number of pyridine rings is 2. The molecule has 1 fully saturated rings.